The number of imide groups is 1. The fourth-order valence-electron chi connectivity index (χ4n) is 4.28. The number of halogens is 1. The molecule has 0 bridgehead atoms. The molecule has 1 saturated heterocycles. The highest BCUT2D eigenvalue weighted by atomic mass is 35.5. The van der Waals surface area contributed by atoms with Gasteiger partial charge in [0.2, 0.25) is 0 Å². The lowest BCUT2D eigenvalue weighted by Gasteiger charge is -2.34. The lowest BCUT2D eigenvalue weighted by Crippen LogP contribution is -2.40. The van der Waals surface area contributed by atoms with Crippen LogP contribution in [0.5, 0.6) is 0 Å². The summed E-state index contributed by atoms with van der Waals surface area (Å²) in [5.74, 6) is -0.537. The van der Waals surface area contributed by atoms with E-state index in [9.17, 15) is 14.7 Å². The number of aliphatic hydroxyl groups is 1. The number of aliphatic hydroxyl groups excluding tert-OH is 1. The molecule has 5 nitrogen and oxygen atoms in total. The lowest BCUT2D eigenvalue weighted by atomic mass is 9.97. The van der Waals surface area contributed by atoms with Gasteiger partial charge in [-0.2, -0.15) is 0 Å². The van der Waals surface area contributed by atoms with Crippen molar-refractivity contribution in [2.75, 3.05) is 24.6 Å². The van der Waals surface area contributed by atoms with E-state index in [4.69, 9.17) is 11.6 Å². The molecular formula is C24H25ClN2O3. The standard InChI is InChI=1S/C24H25ClN2O3/c1-15-5-6-16(2)20(12-15)27-23(29)21(18-7-9-19(25)10-8-18)22(24(27)30)26-11-3-4-17(13-26)14-28/h5-10,12,17,28H,3-4,11,13-14H2,1-2H3. The topological polar surface area (TPSA) is 60.9 Å². The van der Waals surface area contributed by atoms with E-state index in [2.05, 4.69) is 0 Å². The van der Waals surface area contributed by atoms with Crippen LogP contribution in [0.15, 0.2) is 48.2 Å². The Bertz CT molecular complexity index is 1030. The van der Waals surface area contributed by atoms with Crippen molar-refractivity contribution in [3.05, 3.63) is 69.9 Å². The minimum atomic E-state index is -0.322. The molecule has 0 saturated carbocycles. The summed E-state index contributed by atoms with van der Waals surface area (Å²) in [6, 6.07) is 12.8. The van der Waals surface area contributed by atoms with Gasteiger partial charge in [0.05, 0.1) is 11.3 Å². The molecule has 1 atom stereocenters. The average molecular weight is 425 g/mol. The first-order chi connectivity index (χ1) is 14.4. The Balaban J connectivity index is 1.84. The molecule has 4 rings (SSSR count). The smallest absolute Gasteiger partial charge is 0.282 e. The third kappa shape index (κ3) is 3.64. The van der Waals surface area contributed by atoms with Crippen LogP contribution in [-0.4, -0.2) is 41.5 Å². The highest BCUT2D eigenvalue weighted by Crippen LogP contribution is 2.38. The van der Waals surface area contributed by atoms with Crippen molar-refractivity contribution in [3.63, 3.8) is 0 Å². The molecule has 0 radical (unpaired) electrons. The Hall–Kier alpha value is -2.63. The van der Waals surface area contributed by atoms with Crippen LogP contribution < -0.4 is 4.90 Å². The van der Waals surface area contributed by atoms with Crippen LogP contribution in [0.25, 0.3) is 5.57 Å². The van der Waals surface area contributed by atoms with Gasteiger partial charge in [-0.3, -0.25) is 9.59 Å². The maximum absolute atomic E-state index is 13.6. The first-order valence-corrected chi connectivity index (χ1v) is 10.6. The number of aryl methyl sites for hydroxylation is 2. The predicted molar refractivity (Wildman–Crippen MR) is 118 cm³/mol. The molecule has 0 aromatic heterocycles. The second kappa shape index (κ2) is 8.25. The van der Waals surface area contributed by atoms with Crippen LogP contribution in [0.3, 0.4) is 0 Å². The van der Waals surface area contributed by atoms with Crippen LogP contribution in [0.4, 0.5) is 5.69 Å². The van der Waals surface area contributed by atoms with Crippen molar-refractivity contribution in [2.24, 2.45) is 5.92 Å². The van der Waals surface area contributed by atoms with E-state index >= 15 is 0 Å². The predicted octanol–water partition coefficient (Wildman–Crippen LogP) is 3.95. The molecule has 1 unspecified atom stereocenters. The zero-order valence-electron chi connectivity index (χ0n) is 17.2. The van der Waals surface area contributed by atoms with E-state index in [-0.39, 0.29) is 24.3 Å². The van der Waals surface area contributed by atoms with Gasteiger partial charge in [0.15, 0.2) is 0 Å². The summed E-state index contributed by atoms with van der Waals surface area (Å²) in [6.07, 6.45) is 1.78. The number of piperidine rings is 1. The van der Waals surface area contributed by atoms with Crippen LogP contribution >= 0.6 is 11.6 Å². The number of amides is 2. The maximum atomic E-state index is 13.6. The molecule has 156 valence electrons. The van der Waals surface area contributed by atoms with Gasteiger partial charge in [-0.25, -0.2) is 4.90 Å². The molecule has 2 aromatic rings. The molecule has 2 aliphatic heterocycles. The highest BCUT2D eigenvalue weighted by molar-refractivity contribution is 6.45. The van der Waals surface area contributed by atoms with Crippen LogP contribution in [0.2, 0.25) is 5.02 Å². The molecular weight excluding hydrogens is 400 g/mol. The van der Waals surface area contributed by atoms with Crippen LogP contribution in [0, 0.1) is 19.8 Å². The largest absolute Gasteiger partial charge is 0.396 e. The maximum Gasteiger partial charge on any atom is 0.282 e. The fraction of sp³-hybridized carbons (Fsp3) is 0.333. The first kappa shape index (κ1) is 20.6. The van der Waals surface area contributed by atoms with Crippen molar-refractivity contribution in [2.45, 2.75) is 26.7 Å². The number of hydrogen-bond donors (Lipinski definition) is 1. The lowest BCUT2D eigenvalue weighted by molar-refractivity contribution is -0.120. The Morgan fingerprint density at radius 3 is 2.50 bits per heavy atom. The number of rotatable bonds is 4. The van der Waals surface area contributed by atoms with Gasteiger partial charge < -0.3 is 10.0 Å². The van der Waals surface area contributed by atoms with E-state index in [1.54, 1.807) is 24.3 Å². The summed E-state index contributed by atoms with van der Waals surface area (Å²) in [5, 5.41) is 10.2. The van der Waals surface area contributed by atoms with Gasteiger partial charge in [-0.1, -0.05) is 35.9 Å². The van der Waals surface area contributed by atoms with Crippen molar-refractivity contribution < 1.29 is 14.7 Å². The molecule has 2 aliphatic rings. The van der Waals surface area contributed by atoms with Crippen molar-refractivity contribution in [1.29, 1.82) is 0 Å². The van der Waals surface area contributed by atoms with Crippen molar-refractivity contribution in [1.82, 2.24) is 4.90 Å². The van der Waals surface area contributed by atoms with Crippen molar-refractivity contribution in [3.8, 4) is 0 Å². The first-order valence-electron chi connectivity index (χ1n) is 10.2. The molecule has 0 aliphatic carbocycles. The Labute approximate surface area is 181 Å². The molecule has 0 spiro atoms. The molecule has 2 amide bonds. The van der Waals surface area contributed by atoms with Gasteiger partial charge in [0.1, 0.15) is 5.70 Å². The average Bonchev–Trinajstić information content (AvgIpc) is 3.00. The second-order valence-electron chi connectivity index (χ2n) is 8.10. The third-order valence-electron chi connectivity index (χ3n) is 5.89. The molecule has 30 heavy (non-hydrogen) atoms. The van der Waals surface area contributed by atoms with E-state index in [0.29, 0.717) is 40.6 Å². The van der Waals surface area contributed by atoms with Gasteiger partial charge in [-0.15, -0.1) is 0 Å². The second-order valence-corrected chi connectivity index (χ2v) is 8.54. The molecule has 2 aromatic carbocycles. The monoisotopic (exact) mass is 424 g/mol. The number of carbonyl (C=O) groups is 2. The fourth-order valence-corrected chi connectivity index (χ4v) is 4.41. The van der Waals surface area contributed by atoms with E-state index in [1.165, 1.54) is 4.90 Å². The van der Waals surface area contributed by atoms with E-state index < -0.39 is 0 Å². The highest BCUT2D eigenvalue weighted by Gasteiger charge is 2.43. The Morgan fingerprint density at radius 1 is 1.07 bits per heavy atom. The number of carbonyl (C=O) groups excluding carboxylic acids is 2. The van der Waals surface area contributed by atoms with E-state index in [1.807, 2.05) is 36.9 Å². The summed E-state index contributed by atoms with van der Waals surface area (Å²) in [7, 11) is 0. The molecule has 1 fully saturated rings. The normalized spacial score (nSPS) is 19.8. The Kier molecular flexibility index (Phi) is 5.67. The Morgan fingerprint density at radius 2 is 1.80 bits per heavy atom. The minimum absolute atomic E-state index is 0.0723. The zero-order chi connectivity index (χ0) is 21.4. The van der Waals surface area contributed by atoms with Crippen LogP contribution in [-0.2, 0) is 9.59 Å². The van der Waals surface area contributed by atoms with Gasteiger partial charge in [-0.05, 0) is 67.5 Å². The number of benzene rings is 2. The molecule has 1 N–H and O–H groups in total. The summed E-state index contributed by atoms with van der Waals surface area (Å²) < 4.78 is 0. The number of likely N-dealkylation sites (tertiary alicyclic amines) is 1. The summed E-state index contributed by atoms with van der Waals surface area (Å²) in [6.45, 7) is 5.16. The van der Waals surface area contributed by atoms with Crippen molar-refractivity contribution >= 4 is 34.7 Å². The summed E-state index contributed by atoms with van der Waals surface area (Å²) >= 11 is 6.05. The SMILES string of the molecule is Cc1ccc(C)c(N2C(=O)C(c3ccc(Cl)cc3)=C(N3CCCC(CO)C3)C2=O)c1. The number of nitrogens with zero attached hydrogens (tertiary/aromatic N) is 2. The molecule has 2 heterocycles. The summed E-state index contributed by atoms with van der Waals surface area (Å²) in [4.78, 5) is 30.5. The minimum Gasteiger partial charge on any atom is -0.396 e. The number of hydrogen-bond acceptors (Lipinski definition) is 4. The summed E-state index contributed by atoms with van der Waals surface area (Å²) in [5.41, 5.74) is 3.95. The van der Waals surface area contributed by atoms with Gasteiger partial charge >= 0.3 is 0 Å². The molecule has 6 heteroatoms. The zero-order valence-corrected chi connectivity index (χ0v) is 17.9. The van der Waals surface area contributed by atoms with Gasteiger partial charge in [0, 0.05) is 24.7 Å². The van der Waals surface area contributed by atoms with E-state index in [0.717, 1.165) is 24.0 Å². The third-order valence-corrected chi connectivity index (χ3v) is 6.14. The quantitative estimate of drug-likeness (QED) is 0.755. The van der Waals surface area contributed by atoms with Crippen LogP contribution in [0.1, 0.15) is 29.5 Å². The van der Waals surface area contributed by atoms with Gasteiger partial charge in [0.25, 0.3) is 11.8 Å². The number of anilines is 1.